The Kier molecular flexibility index (Phi) is 5.44. The molecule has 0 unspecified atom stereocenters. The molecule has 1 aromatic carbocycles. The number of benzene rings is 1. The van der Waals surface area contributed by atoms with Gasteiger partial charge in [0.2, 0.25) is 5.91 Å². The van der Waals surface area contributed by atoms with Gasteiger partial charge in [0, 0.05) is 19.2 Å². The summed E-state index contributed by atoms with van der Waals surface area (Å²) in [4.78, 5) is 13.7. The highest BCUT2D eigenvalue weighted by atomic mass is 32.2. The Morgan fingerprint density at radius 3 is 2.82 bits per heavy atom. The SMILES string of the molecule is CSCC(=O)N(C)Cc1cccc(C(N)=S)c1. The van der Waals surface area contributed by atoms with E-state index >= 15 is 0 Å². The van der Waals surface area contributed by atoms with Gasteiger partial charge < -0.3 is 10.6 Å². The average Bonchev–Trinajstić information content (AvgIpc) is 2.29. The van der Waals surface area contributed by atoms with Crippen molar-refractivity contribution in [2.45, 2.75) is 6.54 Å². The van der Waals surface area contributed by atoms with Gasteiger partial charge in [0.15, 0.2) is 0 Å². The lowest BCUT2D eigenvalue weighted by Gasteiger charge is -2.17. The van der Waals surface area contributed by atoms with Crippen LogP contribution in [0.15, 0.2) is 24.3 Å². The molecule has 0 radical (unpaired) electrons. The number of amides is 1. The van der Waals surface area contributed by atoms with E-state index in [1.165, 1.54) is 11.8 Å². The number of carbonyl (C=O) groups excluding carboxylic acids is 1. The van der Waals surface area contributed by atoms with Crippen LogP contribution in [-0.4, -0.2) is 34.9 Å². The van der Waals surface area contributed by atoms with Gasteiger partial charge in [-0.25, -0.2) is 0 Å². The first-order chi connectivity index (χ1) is 8.04. The lowest BCUT2D eigenvalue weighted by Crippen LogP contribution is -2.27. The van der Waals surface area contributed by atoms with E-state index < -0.39 is 0 Å². The second-order valence-corrected chi connectivity index (χ2v) is 5.05. The molecular formula is C12H16N2OS2. The van der Waals surface area contributed by atoms with Gasteiger partial charge in [0.25, 0.3) is 0 Å². The molecule has 17 heavy (non-hydrogen) atoms. The minimum absolute atomic E-state index is 0.123. The third-order valence-electron chi connectivity index (χ3n) is 2.32. The zero-order valence-corrected chi connectivity index (χ0v) is 11.6. The quantitative estimate of drug-likeness (QED) is 0.825. The molecule has 92 valence electrons. The van der Waals surface area contributed by atoms with Gasteiger partial charge in [0.05, 0.1) is 5.75 Å². The molecule has 0 saturated heterocycles. The van der Waals surface area contributed by atoms with Gasteiger partial charge in [-0.15, -0.1) is 0 Å². The summed E-state index contributed by atoms with van der Waals surface area (Å²) in [6.45, 7) is 0.579. The lowest BCUT2D eigenvalue weighted by molar-refractivity contribution is -0.127. The maximum absolute atomic E-state index is 11.6. The highest BCUT2D eigenvalue weighted by molar-refractivity contribution is 7.99. The van der Waals surface area contributed by atoms with E-state index in [0.29, 0.717) is 17.3 Å². The van der Waals surface area contributed by atoms with Crippen LogP contribution in [0.3, 0.4) is 0 Å². The van der Waals surface area contributed by atoms with Gasteiger partial charge in [-0.05, 0) is 17.9 Å². The van der Waals surface area contributed by atoms with Crippen molar-refractivity contribution in [3.63, 3.8) is 0 Å². The minimum Gasteiger partial charge on any atom is -0.389 e. The zero-order valence-electron chi connectivity index (χ0n) is 9.97. The summed E-state index contributed by atoms with van der Waals surface area (Å²) in [6.07, 6.45) is 1.92. The van der Waals surface area contributed by atoms with Crippen molar-refractivity contribution < 1.29 is 4.79 Å². The molecule has 1 aromatic rings. The Hall–Kier alpha value is -1.07. The Balaban J connectivity index is 2.71. The van der Waals surface area contributed by atoms with E-state index in [1.807, 2.05) is 30.5 Å². The van der Waals surface area contributed by atoms with Gasteiger partial charge in [0.1, 0.15) is 4.99 Å². The Labute approximate surface area is 111 Å². The van der Waals surface area contributed by atoms with E-state index in [4.69, 9.17) is 18.0 Å². The van der Waals surface area contributed by atoms with Crippen LogP contribution < -0.4 is 5.73 Å². The molecule has 0 aliphatic carbocycles. The molecule has 0 aliphatic heterocycles. The molecule has 5 heteroatoms. The Bertz CT molecular complexity index is 421. The molecule has 0 aliphatic rings. The summed E-state index contributed by atoms with van der Waals surface area (Å²) in [7, 11) is 1.80. The van der Waals surface area contributed by atoms with E-state index in [-0.39, 0.29) is 5.91 Å². The third kappa shape index (κ3) is 4.36. The number of hydrogen-bond donors (Lipinski definition) is 1. The molecule has 1 amide bonds. The molecule has 0 spiro atoms. The Morgan fingerprint density at radius 1 is 1.53 bits per heavy atom. The largest absolute Gasteiger partial charge is 0.389 e. The standard InChI is InChI=1S/C12H16N2OS2/c1-14(11(15)8-17-2)7-9-4-3-5-10(6-9)12(13)16/h3-6H,7-8H2,1-2H3,(H2,13,16). The molecule has 1 rings (SSSR count). The highest BCUT2D eigenvalue weighted by Gasteiger charge is 2.08. The van der Waals surface area contributed by atoms with E-state index in [0.717, 1.165) is 11.1 Å². The number of nitrogens with two attached hydrogens (primary N) is 1. The van der Waals surface area contributed by atoms with Crippen LogP contribution in [0.5, 0.6) is 0 Å². The minimum atomic E-state index is 0.123. The van der Waals surface area contributed by atoms with Crippen LogP contribution >= 0.6 is 24.0 Å². The van der Waals surface area contributed by atoms with Crippen LogP contribution in [0.1, 0.15) is 11.1 Å². The molecule has 0 saturated carbocycles. The number of hydrogen-bond acceptors (Lipinski definition) is 3. The number of thiocarbonyl (C=S) groups is 1. The van der Waals surface area contributed by atoms with E-state index in [2.05, 4.69) is 0 Å². The maximum atomic E-state index is 11.6. The Morgan fingerprint density at radius 2 is 2.24 bits per heavy atom. The first-order valence-corrected chi connectivity index (χ1v) is 6.96. The van der Waals surface area contributed by atoms with Gasteiger partial charge >= 0.3 is 0 Å². The van der Waals surface area contributed by atoms with Gasteiger partial charge in [-0.2, -0.15) is 11.8 Å². The lowest BCUT2D eigenvalue weighted by atomic mass is 10.1. The van der Waals surface area contributed by atoms with Crippen molar-refractivity contribution in [3.05, 3.63) is 35.4 Å². The molecule has 0 heterocycles. The molecule has 0 fully saturated rings. The van der Waals surface area contributed by atoms with Crippen molar-refractivity contribution in [1.82, 2.24) is 4.90 Å². The second kappa shape index (κ2) is 6.61. The van der Waals surface area contributed by atoms with Crippen molar-refractivity contribution in [2.75, 3.05) is 19.1 Å². The fraction of sp³-hybridized carbons (Fsp3) is 0.333. The smallest absolute Gasteiger partial charge is 0.232 e. The first kappa shape index (κ1) is 14.0. The number of rotatable bonds is 5. The van der Waals surface area contributed by atoms with Crippen molar-refractivity contribution >= 4 is 34.9 Å². The van der Waals surface area contributed by atoms with Crippen LogP contribution in [0.4, 0.5) is 0 Å². The van der Waals surface area contributed by atoms with Gasteiger partial charge in [-0.3, -0.25) is 4.79 Å². The predicted octanol–water partition coefficient (Wildman–Crippen LogP) is 1.64. The van der Waals surface area contributed by atoms with E-state index in [1.54, 1.807) is 11.9 Å². The van der Waals surface area contributed by atoms with Gasteiger partial charge in [-0.1, -0.05) is 30.4 Å². The maximum Gasteiger partial charge on any atom is 0.232 e. The summed E-state index contributed by atoms with van der Waals surface area (Å²) < 4.78 is 0. The van der Waals surface area contributed by atoms with Crippen LogP contribution in [0.25, 0.3) is 0 Å². The van der Waals surface area contributed by atoms with Crippen molar-refractivity contribution in [3.8, 4) is 0 Å². The fourth-order valence-corrected chi connectivity index (χ4v) is 2.01. The third-order valence-corrected chi connectivity index (χ3v) is 3.10. The number of thioether (sulfide) groups is 1. The molecule has 2 N–H and O–H groups in total. The molecular weight excluding hydrogens is 252 g/mol. The first-order valence-electron chi connectivity index (χ1n) is 5.16. The normalized spacial score (nSPS) is 10.0. The molecule has 0 bridgehead atoms. The molecule has 0 aromatic heterocycles. The van der Waals surface area contributed by atoms with Crippen molar-refractivity contribution in [2.24, 2.45) is 5.73 Å². The summed E-state index contributed by atoms with van der Waals surface area (Å²) in [6, 6.07) is 7.65. The second-order valence-electron chi connectivity index (χ2n) is 3.75. The number of nitrogens with zero attached hydrogens (tertiary/aromatic N) is 1. The highest BCUT2D eigenvalue weighted by Crippen LogP contribution is 2.08. The monoisotopic (exact) mass is 268 g/mol. The van der Waals surface area contributed by atoms with E-state index in [9.17, 15) is 4.79 Å². The average molecular weight is 268 g/mol. The fourth-order valence-electron chi connectivity index (χ4n) is 1.42. The molecule has 0 atom stereocenters. The summed E-state index contributed by atoms with van der Waals surface area (Å²) in [5.41, 5.74) is 7.44. The zero-order chi connectivity index (χ0) is 12.8. The van der Waals surface area contributed by atoms with Crippen LogP contribution in [-0.2, 0) is 11.3 Å². The van der Waals surface area contributed by atoms with Crippen LogP contribution in [0, 0.1) is 0 Å². The predicted molar refractivity (Wildman–Crippen MR) is 77.2 cm³/mol. The topological polar surface area (TPSA) is 46.3 Å². The van der Waals surface area contributed by atoms with Crippen molar-refractivity contribution in [1.29, 1.82) is 0 Å². The van der Waals surface area contributed by atoms with Crippen LogP contribution in [0.2, 0.25) is 0 Å². The summed E-state index contributed by atoms with van der Waals surface area (Å²) >= 11 is 6.45. The molecule has 3 nitrogen and oxygen atoms in total. The summed E-state index contributed by atoms with van der Waals surface area (Å²) in [5, 5.41) is 0. The summed E-state index contributed by atoms with van der Waals surface area (Å²) in [5.74, 6) is 0.629. The number of carbonyl (C=O) groups is 1.